The van der Waals surface area contributed by atoms with E-state index in [1.54, 1.807) is 0 Å². The summed E-state index contributed by atoms with van der Waals surface area (Å²) in [6, 6.07) is 66.0. The maximum atomic E-state index is 2.36. The van der Waals surface area contributed by atoms with E-state index in [9.17, 15) is 0 Å². The Hall–Kier alpha value is -7.00. The van der Waals surface area contributed by atoms with E-state index in [0.717, 1.165) is 0 Å². The molecule has 2 heterocycles. The molecule has 8 aromatic carbocycles. The van der Waals surface area contributed by atoms with E-state index in [1.165, 1.54) is 104 Å². The molecular formula is C61H51NS. The SMILES string of the molecule is Cc1ccc(-c2ccc3c(c2)C2C=CC=CC(=C2)N3c2ccccc2)cc1.Cc1ccc(-c2ccc3sc4ccccc4c3c2)cc1.Cc1ccc2c(c1)C(C)(C)c1ccccc1-2. The van der Waals surface area contributed by atoms with Crippen LogP contribution in [0.4, 0.5) is 11.4 Å². The molecule has 0 radical (unpaired) electrons. The first-order valence-electron chi connectivity index (χ1n) is 22.0. The van der Waals surface area contributed by atoms with E-state index < -0.39 is 0 Å². The summed E-state index contributed by atoms with van der Waals surface area (Å²) in [6.07, 6.45) is 11.1. The van der Waals surface area contributed by atoms with Crippen molar-refractivity contribution in [3.05, 3.63) is 251 Å². The molecule has 0 fully saturated rings. The number of fused-ring (bicyclic) bond motifs is 9. The van der Waals surface area contributed by atoms with E-state index >= 15 is 0 Å². The third kappa shape index (κ3) is 7.77. The molecule has 12 rings (SSSR count). The highest BCUT2D eigenvalue weighted by molar-refractivity contribution is 7.25. The smallest absolute Gasteiger partial charge is 0.0503 e. The van der Waals surface area contributed by atoms with Gasteiger partial charge in [0.25, 0.3) is 0 Å². The van der Waals surface area contributed by atoms with Crippen molar-refractivity contribution in [1.29, 1.82) is 0 Å². The molecule has 1 nitrogen and oxygen atoms in total. The van der Waals surface area contributed by atoms with Crippen molar-refractivity contribution < 1.29 is 0 Å². The fraction of sp³-hybridized carbons (Fsp3) is 0.115. The minimum atomic E-state index is 0.151. The van der Waals surface area contributed by atoms with Crippen molar-refractivity contribution in [3.63, 3.8) is 0 Å². The first-order valence-corrected chi connectivity index (χ1v) is 22.9. The Labute approximate surface area is 376 Å². The summed E-state index contributed by atoms with van der Waals surface area (Å²) in [5, 5.41) is 2.73. The van der Waals surface area contributed by atoms with Crippen LogP contribution in [-0.4, -0.2) is 0 Å². The summed E-state index contributed by atoms with van der Waals surface area (Å²) >= 11 is 1.87. The number of allylic oxidation sites excluding steroid dienone is 5. The second-order valence-corrected chi connectivity index (χ2v) is 18.7. The average molecular weight is 830 g/mol. The Morgan fingerprint density at radius 2 is 1.08 bits per heavy atom. The van der Waals surface area contributed by atoms with E-state index in [2.05, 4.69) is 252 Å². The third-order valence-corrected chi connectivity index (χ3v) is 14.0. The molecule has 0 amide bonds. The fourth-order valence-electron chi connectivity index (χ4n) is 9.40. The van der Waals surface area contributed by atoms with Crippen LogP contribution in [0.5, 0.6) is 0 Å². The summed E-state index contributed by atoms with van der Waals surface area (Å²) < 4.78 is 2.73. The third-order valence-electron chi connectivity index (χ3n) is 12.8. The molecule has 306 valence electrons. The van der Waals surface area contributed by atoms with Crippen LogP contribution in [0, 0.1) is 20.8 Å². The Balaban J connectivity index is 0.000000116. The van der Waals surface area contributed by atoms with Gasteiger partial charge < -0.3 is 4.90 Å². The zero-order valence-corrected chi connectivity index (χ0v) is 37.5. The lowest BCUT2D eigenvalue weighted by molar-refractivity contribution is 0.660. The molecule has 1 aromatic heterocycles. The van der Waals surface area contributed by atoms with Gasteiger partial charge in [-0.15, -0.1) is 11.3 Å². The van der Waals surface area contributed by atoms with E-state index in [0.29, 0.717) is 5.92 Å². The first-order chi connectivity index (χ1) is 30.7. The largest absolute Gasteiger partial charge is 0.310 e. The van der Waals surface area contributed by atoms with Gasteiger partial charge in [-0.25, -0.2) is 0 Å². The maximum Gasteiger partial charge on any atom is 0.0503 e. The van der Waals surface area contributed by atoms with Crippen molar-refractivity contribution in [1.82, 2.24) is 0 Å². The number of aryl methyl sites for hydroxylation is 3. The van der Waals surface area contributed by atoms with Gasteiger partial charge in [-0.1, -0.05) is 188 Å². The van der Waals surface area contributed by atoms with Crippen molar-refractivity contribution >= 4 is 42.9 Å². The average Bonchev–Trinajstić information content (AvgIpc) is 3.69. The number of benzene rings is 8. The lowest BCUT2D eigenvalue weighted by Crippen LogP contribution is -2.21. The molecule has 9 aromatic rings. The van der Waals surface area contributed by atoms with Crippen molar-refractivity contribution in [2.24, 2.45) is 0 Å². The molecule has 2 bridgehead atoms. The fourth-order valence-corrected chi connectivity index (χ4v) is 10.5. The molecule has 2 aliphatic carbocycles. The molecule has 1 unspecified atom stereocenters. The number of para-hydroxylation sites is 1. The Morgan fingerprint density at radius 1 is 0.476 bits per heavy atom. The van der Waals surface area contributed by atoms with Gasteiger partial charge in [0.2, 0.25) is 0 Å². The second-order valence-electron chi connectivity index (χ2n) is 17.6. The van der Waals surface area contributed by atoms with Gasteiger partial charge in [-0.3, -0.25) is 0 Å². The Bertz CT molecular complexity index is 3210. The van der Waals surface area contributed by atoms with E-state index in [-0.39, 0.29) is 5.41 Å². The predicted molar refractivity (Wildman–Crippen MR) is 273 cm³/mol. The molecule has 0 N–H and O–H groups in total. The summed E-state index contributed by atoms with van der Waals surface area (Å²) in [4.78, 5) is 2.36. The highest BCUT2D eigenvalue weighted by Gasteiger charge is 2.34. The highest BCUT2D eigenvalue weighted by atomic mass is 32.1. The van der Waals surface area contributed by atoms with Gasteiger partial charge in [0, 0.05) is 42.9 Å². The predicted octanol–water partition coefficient (Wildman–Crippen LogP) is 17.2. The molecule has 0 spiro atoms. The van der Waals surface area contributed by atoms with Crippen LogP contribution < -0.4 is 4.90 Å². The topological polar surface area (TPSA) is 3.24 Å². The molecule has 0 saturated carbocycles. The van der Waals surface area contributed by atoms with Gasteiger partial charge in [-0.2, -0.15) is 0 Å². The minimum Gasteiger partial charge on any atom is -0.310 e. The quantitative estimate of drug-likeness (QED) is 0.171. The number of anilines is 2. The van der Waals surface area contributed by atoms with Gasteiger partial charge >= 0.3 is 0 Å². The van der Waals surface area contributed by atoms with E-state index in [4.69, 9.17) is 0 Å². The number of thiophene rings is 1. The minimum absolute atomic E-state index is 0.151. The van der Waals surface area contributed by atoms with Crippen molar-refractivity contribution in [2.75, 3.05) is 4.90 Å². The van der Waals surface area contributed by atoms with Crippen LogP contribution in [0.25, 0.3) is 53.6 Å². The summed E-state index contributed by atoms with van der Waals surface area (Å²) in [6.45, 7) is 11.1. The Morgan fingerprint density at radius 3 is 1.84 bits per heavy atom. The number of hydrogen-bond donors (Lipinski definition) is 0. The van der Waals surface area contributed by atoms with Crippen LogP contribution in [0.15, 0.2) is 218 Å². The lowest BCUT2D eigenvalue weighted by atomic mass is 9.82. The number of rotatable bonds is 3. The van der Waals surface area contributed by atoms with Crippen LogP contribution in [0.1, 0.15) is 53.1 Å². The highest BCUT2D eigenvalue weighted by Crippen LogP contribution is 2.49. The number of hydrogen-bond acceptors (Lipinski definition) is 2. The first kappa shape index (κ1) is 40.1. The van der Waals surface area contributed by atoms with Crippen molar-refractivity contribution in [3.8, 4) is 33.4 Å². The molecule has 1 atom stereocenters. The Kier molecular flexibility index (Phi) is 10.6. The maximum absolute atomic E-state index is 2.36. The molecule has 0 saturated heterocycles. The summed E-state index contributed by atoms with van der Waals surface area (Å²) in [5.74, 6) is 0.301. The van der Waals surface area contributed by atoms with Gasteiger partial charge in [0.1, 0.15) is 0 Å². The monoisotopic (exact) mass is 829 g/mol. The van der Waals surface area contributed by atoms with Crippen LogP contribution >= 0.6 is 11.3 Å². The zero-order chi connectivity index (χ0) is 43.1. The summed E-state index contributed by atoms with van der Waals surface area (Å²) in [7, 11) is 0. The van der Waals surface area contributed by atoms with E-state index in [1.807, 2.05) is 11.3 Å². The second kappa shape index (κ2) is 16.7. The van der Waals surface area contributed by atoms with Crippen molar-refractivity contribution in [2.45, 2.75) is 46.0 Å². The molecule has 2 heteroatoms. The van der Waals surface area contributed by atoms with Crippen LogP contribution in [0.3, 0.4) is 0 Å². The van der Waals surface area contributed by atoms with Crippen LogP contribution in [0.2, 0.25) is 0 Å². The zero-order valence-electron chi connectivity index (χ0n) is 36.6. The normalized spacial score (nSPS) is 15.0. The van der Waals surface area contributed by atoms with Gasteiger partial charge in [-0.05, 0) is 125 Å². The van der Waals surface area contributed by atoms with Gasteiger partial charge in [0.15, 0.2) is 0 Å². The lowest BCUT2D eigenvalue weighted by Gasteiger charge is -2.34. The molecule has 3 aliphatic rings. The molecular weight excluding hydrogens is 779 g/mol. The standard InChI is InChI=1S/C26H21N.C19H14S.C16H16/c1-19-11-13-20(14-12-19)21-15-16-26-25(18-21)22-7-5-6-10-24(17-22)27(26)23-8-3-2-4-9-23;1-13-6-8-14(9-7-13)15-10-11-19-17(12-15)16-4-2-3-5-18(16)20-19;1-11-8-9-13-12-6-4-5-7-14(12)16(2,3)15(13)10-11/h2-18,22H,1H3;2-12H,1H3;4-10H,1-3H3. The van der Waals surface area contributed by atoms with Gasteiger partial charge in [0.05, 0.1) is 5.69 Å². The molecule has 63 heavy (non-hydrogen) atoms. The van der Waals surface area contributed by atoms with Crippen LogP contribution in [-0.2, 0) is 5.41 Å². The summed E-state index contributed by atoms with van der Waals surface area (Å²) in [5.41, 5.74) is 20.0. The number of nitrogens with zero attached hydrogens (tertiary/aromatic N) is 1. The molecule has 1 aliphatic heterocycles.